The zero-order valence-corrected chi connectivity index (χ0v) is 25.7. The Labute approximate surface area is 231 Å². The van der Waals surface area contributed by atoms with Gasteiger partial charge in [0.1, 0.15) is 8.98 Å². The molecule has 0 N–H and O–H groups in total. The van der Waals surface area contributed by atoms with Gasteiger partial charge in [-0.2, -0.15) is 0 Å². The fourth-order valence-corrected chi connectivity index (χ4v) is 5.39. The van der Waals surface area contributed by atoms with Crippen molar-refractivity contribution in [3.8, 4) is 0 Å². The summed E-state index contributed by atoms with van der Waals surface area (Å²) < 4.78 is 0.0326. The molecule has 0 aliphatic heterocycles. The van der Waals surface area contributed by atoms with E-state index in [9.17, 15) is 9.59 Å². The third-order valence-electron chi connectivity index (χ3n) is 3.70. The van der Waals surface area contributed by atoms with Crippen LogP contribution in [-0.2, 0) is 0 Å². The number of hydrogen-bond acceptors (Lipinski definition) is 4. The fraction of sp³-hybridized carbons (Fsp3) is 0.700. The number of halogens is 6. The second-order valence-corrected chi connectivity index (χ2v) is 12.3. The number of hydrogen-bond donors (Lipinski definition) is 0. The maximum absolute atomic E-state index is 11.9. The topological polar surface area (TPSA) is 40.6 Å². The molecule has 0 fully saturated rings. The molecule has 0 aromatic rings. The van der Waals surface area contributed by atoms with Crippen molar-refractivity contribution in [1.29, 1.82) is 0 Å². The van der Waals surface area contributed by atoms with Crippen LogP contribution in [0.15, 0.2) is 19.0 Å². The van der Waals surface area contributed by atoms with Crippen molar-refractivity contribution in [1.82, 2.24) is 9.80 Å². The lowest BCUT2D eigenvalue weighted by atomic mass is 10.2. The van der Waals surface area contributed by atoms with Crippen LogP contribution in [0.25, 0.3) is 0 Å². The van der Waals surface area contributed by atoms with Crippen molar-refractivity contribution in [2.45, 2.75) is 79.6 Å². The van der Waals surface area contributed by atoms with Crippen LogP contribution >= 0.6 is 93.1 Å². The first-order valence-corrected chi connectivity index (χ1v) is 14.1. The van der Waals surface area contributed by atoms with Crippen molar-refractivity contribution >= 4 is 104 Å². The zero-order valence-electron chi connectivity index (χ0n) is 19.5. The molecule has 0 atom stereocenters. The van der Waals surface area contributed by atoms with E-state index >= 15 is 0 Å². The Kier molecular flexibility index (Phi) is 19.9. The van der Waals surface area contributed by atoms with E-state index in [1.54, 1.807) is 9.80 Å². The number of thioether (sulfide) groups is 2. The number of nitrogens with zero attached hydrogens (tertiary/aromatic N) is 2. The first-order chi connectivity index (χ1) is 14.5. The van der Waals surface area contributed by atoms with E-state index in [0.29, 0.717) is 21.6 Å². The van der Waals surface area contributed by atoms with Crippen LogP contribution in [0.2, 0.25) is 0 Å². The minimum Gasteiger partial charge on any atom is -0.329 e. The van der Waals surface area contributed by atoms with Crippen LogP contribution < -0.4 is 0 Å². The molecular formula is C20H32Cl6N2O2S2. The molecule has 12 heteroatoms. The van der Waals surface area contributed by atoms with Gasteiger partial charge in [-0.3, -0.25) is 9.59 Å². The highest BCUT2D eigenvalue weighted by Crippen LogP contribution is 2.25. The minimum atomic E-state index is -0.0160. The molecule has 0 unspecified atom stereocenters. The molecule has 32 heavy (non-hydrogen) atoms. The largest absolute Gasteiger partial charge is 0.329 e. The molecule has 4 nitrogen and oxygen atoms in total. The van der Waals surface area contributed by atoms with Crippen molar-refractivity contribution in [3.05, 3.63) is 19.0 Å². The summed E-state index contributed by atoms with van der Waals surface area (Å²) >= 11 is 35.7. The quantitative estimate of drug-likeness (QED) is 0.275. The SMILES string of the molecule is CC(C)N(C(=O)SCC(Cl)=C(Cl)Cl)C(C)C.CC(C)N(C(=O)SCC(Cl)=C(Cl)Cl)C(C)C. The molecule has 0 aromatic carbocycles. The van der Waals surface area contributed by atoms with Gasteiger partial charge < -0.3 is 9.80 Å². The van der Waals surface area contributed by atoms with Crippen LogP contribution in [0.3, 0.4) is 0 Å². The van der Waals surface area contributed by atoms with Crippen molar-refractivity contribution in [3.63, 3.8) is 0 Å². The molecule has 0 radical (unpaired) electrons. The Morgan fingerprint density at radius 1 is 0.562 bits per heavy atom. The van der Waals surface area contributed by atoms with Crippen molar-refractivity contribution in [2.24, 2.45) is 0 Å². The summed E-state index contributed by atoms with van der Waals surface area (Å²) in [5.41, 5.74) is 0. The number of rotatable bonds is 8. The van der Waals surface area contributed by atoms with Gasteiger partial charge in [-0.1, -0.05) is 93.1 Å². The average Bonchev–Trinajstić information content (AvgIpc) is 2.63. The predicted octanol–water partition coefficient (Wildman–Crippen LogP) is 9.69. The Morgan fingerprint density at radius 2 is 0.781 bits per heavy atom. The molecule has 0 rings (SSSR count). The number of amides is 2. The van der Waals surface area contributed by atoms with Gasteiger partial charge in [-0.05, 0) is 55.4 Å². The van der Waals surface area contributed by atoms with Crippen LogP contribution in [0, 0.1) is 0 Å². The van der Waals surface area contributed by atoms with Gasteiger partial charge in [-0.15, -0.1) is 0 Å². The van der Waals surface area contributed by atoms with E-state index in [1.165, 1.54) is 0 Å². The Hall–Kier alpha value is 0.860. The number of carbonyl (C=O) groups is 2. The third kappa shape index (κ3) is 15.0. The first kappa shape index (κ1) is 35.0. The fourth-order valence-electron chi connectivity index (χ4n) is 2.54. The lowest BCUT2D eigenvalue weighted by Gasteiger charge is -2.30. The van der Waals surface area contributed by atoms with E-state index < -0.39 is 0 Å². The third-order valence-corrected chi connectivity index (χ3v) is 7.74. The summed E-state index contributed by atoms with van der Waals surface area (Å²) in [6.45, 7) is 15.8. The molecule has 0 heterocycles. The smallest absolute Gasteiger partial charge is 0.282 e. The van der Waals surface area contributed by atoms with E-state index in [2.05, 4.69) is 0 Å². The molecule has 188 valence electrons. The summed E-state index contributed by atoms with van der Waals surface area (Å²) in [6.07, 6.45) is 0. The summed E-state index contributed by atoms with van der Waals surface area (Å²) in [5, 5.41) is 0.568. The van der Waals surface area contributed by atoms with Gasteiger partial charge in [0.2, 0.25) is 0 Å². The molecule has 0 aliphatic rings. The van der Waals surface area contributed by atoms with Crippen molar-refractivity contribution < 1.29 is 9.59 Å². The number of carbonyl (C=O) groups excluding carboxylic acids is 2. The highest BCUT2D eigenvalue weighted by Gasteiger charge is 2.21. The van der Waals surface area contributed by atoms with Crippen LogP contribution in [0.4, 0.5) is 9.59 Å². The second kappa shape index (κ2) is 18.2. The van der Waals surface area contributed by atoms with E-state index in [1.807, 2.05) is 55.4 Å². The first-order valence-electron chi connectivity index (χ1n) is 9.83. The van der Waals surface area contributed by atoms with Crippen LogP contribution in [0.5, 0.6) is 0 Å². The van der Waals surface area contributed by atoms with E-state index in [4.69, 9.17) is 69.6 Å². The van der Waals surface area contributed by atoms with Gasteiger partial charge in [0.05, 0.1) is 10.1 Å². The van der Waals surface area contributed by atoms with Gasteiger partial charge >= 0.3 is 0 Å². The molecule has 2 amide bonds. The lowest BCUT2D eigenvalue weighted by Crippen LogP contribution is -2.39. The standard InChI is InChI=1S/2C10H16Cl3NOS/c2*1-6(2)14(7(3)4)10(15)16-5-8(11)9(12)13/h2*6-7H,5H2,1-4H3. The van der Waals surface area contributed by atoms with E-state index in [0.717, 1.165) is 23.5 Å². The Bertz CT molecular complexity index is 590. The normalized spacial score (nSPS) is 10.8. The minimum absolute atomic E-state index is 0.0160. The predicted molar refractivity (Wildman–Crippen MR) is 149 cm³/mol. The highest BCUT2D eigenvalue weighted by atomic mass is 35.5. The molecule has 0 bridgehead atoms. The van der Waals surface area contributed by atoms with Crippen LogP contribution in [-0.4, -0.2) is 56.0 Å². The molecule has 0 aliphatic carbocycles. The molecule has 0 saturated heterocycles. The van der Waals surface area contributed by atoms with Crippen LogP contribution in [0.1, 0.15) is 55.4 Å². The summed E-state index contributed by atoms with van der Waals surface area (Å²) in [4.78, 5) is 27.3. The van der Waals surface area contributed by atoms with Gasteiger partial charge in [0.15, 0.2) is 0 Å². The van der Waals surface area contributed by atoms with Gasteiger partial charge in [0.25, 0.3) is 10.5 Å². The zero-order chi connectivity index (χ0) is 25.8. The van der Waals surface area contributed by atoms with Gasteiger partial charge in [-0.25, -0.2) is 0 Å². The molecule has 0 spiro atoms. The van der Waals surface area contributed by atoms with Gasteiger partial charge in [0, 0.05) is 35.7 Å². The molecular weight excluding hydrogens is 577 g/mol. The molecule has 0 saturated carbocycles. The Balaban J connectivity index is 0. The maximum Gasteiger partial charge on any atom is 0.282 e. The molecule has 0 aromatic heterocycles. The summed E-state index contributed by atoms with van der Waals surface area (Å²) in [7, 11) is 0. The summed E-state index contributed by atoms with van der Waals surface area (Å²) in [6, 6.07) is 0.645. The lowest BCUT2D eigenvalue weighted by molar-refractivity contribution is 0.189. The average molecular weight is 609 g/mol. The maximum atomic E-state index is 11.9. The van der Waals surface area contributed by atoms with E-state index in [-0.39, 0.29) is 43.6 Å². The Morgan fingerprint density at radius 3 is 0.938 bits per heavy atom. The highest BCUT2D eigenvalue weighted by molar-refractivity contribution is 8.14. The monoisotopic (exact) mass is 606 g/mol. The second-order valence-electron chi connectivity index (χ2n) is 7.63. The van der Waals surface area contributed by atoms with Crippen molar-refractivity contribution in [2.75, 3.05) is 11.5 Å². The summed E-state index contributed by atoms with van der Waals surface area (Å²) in [5.74, 6) is 0.608.